The molecule has 31 heavy (non-hydrogen) atoms. The third-order valence-corrected chi connectivity index (χ3v) is 6.21. The molecule has 3 aromatic rings. The third-order valence-electron chi connectivity index (χ3n) is 6.21. The number of anilines is 1. The number of nitrogens with two attached hydrogens (primary N) is 2. The molecule has 4 rings (SSSR count). The van der Waals surface area contributed by atoms with E-state index in [4.69, 9.17) is 11.5 Å². The molecule has 0 amide bonds. The van der Waals surface area contributed by atoms with Crippen LogP contribution in [0.25, 0.3) is 11.1 Å². The summed E-state index contributed by atoms with van der Waals surface area (Å²) in [6.07, 6.45) is 4.64. The summed E-state index contributed by atoms with van der Waals surface area (Å²) < 4.78 is 13.6. The normalized spacial score (nSPS) is 16.7. The monoisotopic (exact) mass is 415 g/mol. The Morgan fingerprint density at radius 2 is 1.77 bits per heavy atom. The number of benzene rings is 3. The van der Waals surface area contributed by atoms with Gasteiger partial charge >= 0.3 is 0 Å². The molecule has 0 saturated heterocycles. The molecule has 0 aliphatic heterocycles. The predicted molar refractivity (Wildman–Crippen MR) is 124 cm³/mol. The average Bonchev–Trinajstić information content (AvgIpc) is 3.62. The van der Waals surface area contributed by atoms with Crippen molar-refractivity contribution in [3.8, 4) is 11.1 Å². The molecule has 0 aromatic heterocycles. The van der Waals surface area contributed by atoms with E-state index in [9.17, 15) is 9.18 Å². The first kappa shape index (κ1) is 20.8. The van der Waals surface area contributed by atoms with E-state index in [1.807, 2.05) is 43.3 Å². The molecule has 5 heteroatoms. The lowest BCUT2D eigenvalue weighted by Gasteiger charge is -2.32. The summed E-state index contributed by atoms with van der Waals surface area (Å²) in [5, 5.41) is 0. The van der Waals surface area contributed by atoms with E-state index in [0.717, 1.165) is 28.5 Å². The number of nitrogens with zero attached hydrogens (tertiary/aromatic N) is 1. The molecule has 0 radical (unpaired) electrons. The van der Waals surface area contributed by atoms with Gasteiger partial charge in [0.05, 0.1) is 23.5 Å². The molecule has 2 atom stereocenters. The molecule has 0 unspecified atom stereocenters. The molecule has 0 bridgehead atoms. The van der Waals surface area contributed by atoms with E-state index in [1.165, 1.54) is 30.8 Å². The van der Waals surface area contributed by atoms with Crippen molar-refractivity contribution in [1.29, 1.82) is 0 Å². The van der Waals surface area contributed by atoms with Crippen molar-refractivity contribution in [1.82, 2.24) is 0 Å². The Morgan fingerprint density at radius 3 is 2.39 bits per heavy atom. The zero-order valence-electron chi connectivity index (χ0n) is 17.5. The quantitative estimate of drug-likeness (QED) is 0.243. The molecule has 1 fully saturated rings. The predicted octanol–water partition coefficient (Wildman–Crippen LogP) is 5.14. The number of carbonyl (C=O) groups is 1. The minimum atomic E-state index is -0.904. The average molecular weight is 416 g/mol. The summed E-state index contributed by atoms with van der Waals surface area (Å²) in [6.45, 7) is 1.91. The Labute approximate surface area is 181 Å². The molecule has 3 aromatic carbocycles. The van der Waals surface area contributed by atoms with Gasteiger partial charge in [0, 0.05) is 0 Å². The fourth-order valence-electron chi connectivity index (χ4n) is 4.15. The fourth-order valence-corrected chi connectivity index (χ4v) is 4.15. The van der Waals surface area contributed by atoms with Crippen LogP contribution in [-0.2, 0) is 10.3 Å². The van der Waals surface area contributed by atoms with Gasteiger partial charge < -0.3 is 16.3 Å². The number of rotatable bonds is 7. The van der Waals surface area contributed by atoms with E-state index in [-0.39, 0.29) is 5.69 Å². The number of aldehydes is 1. The van der Waals surface area contributed by atoms with Crippen LogP contribution in [0, 0.1) is 5.82 Å². The minimum Gasteiger partial charge on any atom is -0.396 e. The lowest BCUT2D eigenvalue weighted by molar-refractivity contribution is -0.110. The van der Waals surface area contributed by atoms with Crippen LogP contribution in [0.3, 0.4) is 0 Å². The Balaban J connectivity index is 1.75. The van der Waals surface area contributed by atoms with Crippen LogP contribution in [0.15, 0.2) is 71.7 Å². The van der Waals surface area contributed by atoms with Crippen LogP contribution in [0.2, 0.25) is 0 Å². The summed E-state index contributed by atoms with van der Waals surface area (Å²) in [4.78, 5) is 16.8. The number of hydrogen-bond acceptors (Lipinski definition) is 3. The molecule has 4 N–H and O–H groups in total. The Bertz CT molecular complexity index is 1120. The standard InChI is InChI=1S/C26H26FN3O/c1-26(30-16-28,23(15-31)19-9-7-18(8-10-19)17-5-6-17)22-4-2-3-20(13-22)21-11-12-24(27)25(29)14-21/h2-4,7-17,23H,5-6,29H2,1H3,(H2,28,30)/t23-,26+/m0/s1. The lowest BCUT2D eigenvalue weighted by atomic mass is 9.76. The Hall–Kier alpha value is -3.47. The highest BCUT2D eigenvalue weighted by molar-refractivity contribution is 5.71. The number of hydrogen-bond donors (Lipinski definition) is 2. The summed E-state index contributed by atoms with van der Waals surface area (Å²) in [7, 11) is 0. The first-order valence-electron chi connectivity index (χ1n) is 10.4. The van der Waals surface area contributed by atoms with Crippen LogP contribution in [0.1, 0.15) is 48.3 Å². The number of carbonyl (C=O) groups excluding carboxylic acids is 1. The molecule has 1 saturated carbocycles. The van der Waals surface area contributed by atoms with Crippen LogP contribution in [0.4, 0.5) is 10.1 Å². The summed E-state index contributed by atoms with van der Waals surface area (Å²) in [5.74, 6) is -0.320. The van der Waals surface area contributed by atoms with Gasteiger partial charge in [0.2, 0.25) is 0 Å². The van der Waals surface area contributed by atoms with E-state index in [1.54, 1.807) is 12.1 Å². The maximum atomic E-state index is 13.6. The lowest BCUT2D eigenvalue weighted by Crippen LogP contribution is -2.30. The minimum absolute atomic E-state index is 0.0900. The van der Waals surface area contributed by atoms with Gasteiger partial charge in [0.15, 0.2) is 0 Å². The Kier molecular flexibility index (Phi) is 5.59. The van der Waals surface area contributed by atoms with Gasteiger partial charge in [-0.2, -0.15) is 0 Å². The van der Waals surface area contributed by atoms with Gasteiger partial charge in [-0.1, -0.05) is 48.5 Å². The van der Waals surface area contributed by atoms with E-state index < -0.39 is 17.3 Å². The van der Waals surface area contributed by atoms with Crippen molar-refractivity contribution in [3.63, 3.8) is 0 Å². The smallest absolute Gasteiger partial charge is 0.146 e. The maximum Gasteiger partial charge on any atom is 0.146 e. The van der Waals surface area contributed by atoms with Crippen molar-refractivity contribution >= 4 is 18.3 Å². The van der Waals surface area contributed by atoms with Gasteiger partial charge in [0.1, 0.15) is 12.1 Å². The molecule has 4 nitrogen and oxygen atoms in total. The van der Waals surface area contributed by atoms with E-state index in [0.29, 0.717) is 5.92 Å². The topological polar surface area (TPSA) is 81.5 Å². The molecule has 1 aliphatic rings. The second-order valence-electron chi connectivity index (χ2n) is 8.30. The second kappa shape index (κ2) is 8.34. The molecule has 0 heterocycles. The first-order valence-corrected chi connectivity index (χ1v) is 10.4. The largest absolute Gasteiger partial charge is 0.396 e. The SMILES string of the molecule is C[C@@](N=CN)(c1cccc(-c2ccc(F)c(N)c2)c1)[C@@H](C=O)c1ccc(C2CC2)cc1. The van der Waals surface area contributed by atoms with Crippen LogP contribution >= 0.6 is 0 Å². The van der Waals surface area contributed by atoms with Gasteiger partial charge in [-0.15, -0.1) is 0 Å². The van der Waals surface area contributed by atoms with Gasteiger partial charge in [-0.05, 0) is 71.7 Å². The van der Waals surface area contributed by atoms with Crippen LogP contribution in [-0.4, -0.2) is 12.6 Å². The summed E-state index contributed by atoms with van der Waals surface area (Å²) in [5.41, 5.74) is 15.3. The number of halogens is 1. The van der Waals surface area contributed by atoms with E-state index in [2.05, 4.69) is 17.1 Å². The molecule has 158 valence electrons. The van der Waals surface area contributed by atoms with Crippen molar-refractivity contribution < 1.29 is 9.18 Å². The number of nitrogen functional groups attached to an aromatic ring is 1. The second-order valence-corrected chi connectivity index (χ2v) is 8.30. The highest BCUT2D eigenvalue weighted by Gasteiger charge is 2.37. The first-order chi connectivity index (χ1) is 15.0. The summed E-state index contributed by atoms with van der Waals surface area (Å²) >= 11 is 0. The van der Waals surface area contributed by atoms with Crippen LogP contribution in [0.5, 0.6) is 0 Å². The van der Waals surface area contributed by atoms with Gasteiger partial charge in [0.25, 0.3) is 0 Å². The van der Waals surface area contributed by atoms with Crippen molar-refractivity contribution in [2.24, 2.45) is 10.7 Å². The van der Waals surface area contributed by atoms with Gasteiger partial charge in [-0.25, -0.2) is 4.39 Å². The third kappa shape index (κ3) is 4.08. The zero-order valence-corrected chi connectivity index (χ0v) is 17.5. The highest BCUT2D eigenvalue weighted by Crippen LogP contribution is 2.43. The van der Waals surface area contributed by atoms with E-state index >= 15 is 0 Å². The maximum absolute atomic E-state index is 13.6. The Morgan fingerprint density at radius 1 is 1.06 bits per heavy atom. The summed E-state index contributed by atoms with van der Waals surface area (Å²) in [6, 6.07) is 20.6. The number of aliphatic imine (C=N–C) groups is 1. The molecule has 1 aliphatic carbocycles. The molecule has 0 spiro atoms. The highest BCUT2D eigenvalue weighted by atomic mass is 19.1. The van der Waals surface area contributed by atoms with Crippen molar-refractivity contribution in [2.75, 3.05) is 5.73 Å². The fraction of sp³-hybridized carbons (Fsp3) is 0.231. The van der Waals surface area contributed by atoms with Crippen LogP contribution < -0.4 is 11.5 Å². The van der Waals surface area contributed by atoms with Crippen molar-refractivity contribution in [3.05, 3.63) is 89.2 Å². The zero-order chi connectivity index (χ0) is 22.0. The molecular weight excluding hydrogens is 389 g/mol. The molecular formula is C26H26FN3O. The van der Waals surface area contributed by atoms with Gasteiger partial charge in [-0.3, -0.25) is 4.99 Å². The van der Waals surface area contributed by atoms with Crippen molar-refractivity contribution in [2.45, 2.75) is 37.1 Å².